The van der Waals surface area contributed by atoms with Gasteiger partial charge in [-0.15, -0.1) is 0 Å². The van der Waals surface area contributed by atoms with Crippen molar-refractivity contribution in [2.45, 2.75) is 37.8 Å². The van der Waals surface area contributed by atoms with E-state index >= 15 is 0 Å². The number of hydrogen-bond donors (Lipinski definition) is 0. The first kappa shape index (κ1) is 24.0. The summed E-state index contributed by atoms with van der Waals surface area (Å²) in [6.45, 7) is 4.11. The third-order valence-corrected chi connectivity index (χ3v) is 7.45. The van der Waals surface area contributed by atoms with Crippen molar-refractivity contribution < 1.29 is 17.9 Å². The maximum atomic E-state index is 13.7. The monoisotopic (exact) mass is 471 g/mol. The molecule has 3 rings (SSSR count). The summed E-state index contributed by atoms with van der Waals surface area (Å²) in [6.07, 6.45) is 0.593. The van der Waals surface area contributed by atoms with E-state index in [9.17, 15) is 13.2 Å². The third kappa shape index (κ3) is 5.38. The van der Waals surface area contributed by atoms with Gasteiger partial charge in [0.05, 0.1) is 23.6 Å². The van der Waals surface area contributed by atoms with E-state index in [-0.39, 0.29) is 17.5 Å². The molecule has 0 aromatic heterocycles. The zero-order valence-electron chi connectivity index (χ0n) is 18.3. The largest absolute Gasteiger partial charge is 0.465 e. The van der Waals surface area contributed by atoms with Gasteiger partial charge in [-0.2, -0.15) is 4.31 Å². The number of methoxy groups -OCH3 is 1. The van der Waals surface area contributed by atoms with Crippen LogP contribution < -0.4 is 0 Å². The molecule has 1 atom stereocenters. The summed E-state index contributed by atoms with van der Waals surface area (Å²) in [5, 5.41) is 0.472. The van der Waals surface area contributed by atoms with Gasteiger partial charge in [0.25, 0.3) is 0 Å². The van der Waals surface area contributed by atoms with Crippen LogP contribution >= 0.6 is 11.6 Å². The highest BCUT2D eigenvalue weighted by molar-refractivity contribution is 7.89. The topological polar surface area (TPSA) is 63.7 Å². The third-order valence-electron chi connectivity index (χ3n) is 5.33. The van der Waals surface area contributed by atoms with Gasteiger partial charge in [0.1, 0.15) is 0 Å². The molecule has 3 aromatic carbocycles. The standard InChI is InChI=1S/C25H26ClNO4S/c1-4-24(20-9-5-18(2)6-10-20)27(32(29,30)23-15-13-22(26)14-16-23)17-19-7-11-21(12-8-19)25(28)31-3/h5-16,24H,4,17H2,1-3H3. The fourth-order valence-electron chi connectivity index (χ4n) is 3.54. The molecule has 5 nitrogen and oxygen atoms in total. The van der Waals surface area contributed by atoms with Crippen LogP contribution in [0, 0.1) is 6.92 Å². The van der Waals surface area contributed by atoms with E-state index in [2.05, 4.69) is 0 Å². The lowest BCUT2D eigenvalue weighted by Crippen LogP contribution is -2.34. The molecule has 32 heavy (non-hydrogen) atoms. The molecule has 0 spiro atoms. The number of benzene rings is 3. The van der Waals surface area contributed by atoms with Gasteiger partial charge >= 0.3 is 5.97 Å². The van der Waals surface area contributed by atoms with Gasteiger partial charge in [0.15, 0.2) is 0 Å². The number of hydrogen-bond acceptors (Lipinski definition) is 4. The molecule has 0 aliphatic carbocycles. The van der Waals surface area contributed by atoms with Gasteiger partial charge in [-0.25, -0.2) is 13.2 Å². The predicted molar refractivity (Wildman–Crippen MR) is 126 cm³/mol. The predicted octanol–water partition coefficient (Wildman–Crippen LogP) is 5.78. The first-order valence-corrected chi connectivity index (χ1v) is 12.1. The van der Waals surface area contributed by atoms with E-state index in [1.54, 1.807) is 36.4 Å². The summed E-state index contributed by atoms with van der Waals surface area (Å²) in [5.41, 5.74) is 3.20. The van der Waals surface area contributed by atoms with Crippen molar-refractivity contribution in [3.63, 3.8) is 0 Å². The number of nitrogens with zero attached hydrogens (tertiary/aromatic N) is 1. The Labute approximate surface area is 194 Å². The summed E-state index contributed by atoms with van der Waals surface area (Å²) < 4.78 is 33.7. The van der Waals surface area contributed by atoms with Crippen LogP contribution in [0.15, 0.2) is 77.7 Å². The van der Waals surface area contributed by atoms with E-state index in [0.717, 1.165) is 16.7 Å². The lowest BCUT2D eigenvalue weighted by molar-refractivity contribution is 0.0600. The minimum Gasteiger partial charge on any atom is -0.465 e. The van der Waals surface area contributed by atoms with E-state index in [0.29, 0.717) is 17.0 Å². The number of esters is 1. The Balaban J connectivity index is 2.04. The molecule has 0 radical (unpaired) electrons. The second-order valence-corrected chi connectivity index (χ2v) is 9.85. The number of aryl methyl sites for hydroxylation is 1. The summed E-state index contributed by atoms with van der Waals surface area (Å²) in [7, 11) is -2.51. The minimum atomic E-state index is -3.83. The zero-order chi connectivity index (χ0) is 23.3. The smallest absolute Gasteiger partial charge is 0.337 e. The van der Waals surface area contributed by atoms with E-state index in [4.69, 9.17) is 16.3 Å². The highest BCUT2D eigenvalue weighted by Crippen LogP contribution is 2.32. The second kappa shape index (κ2) is 10.3. The van der Waals surface area contributed by atoms with E-state index in [1.165, 1.54) is 23.5 Å². The molecular weight excluding hydrogens is 446 g/mol. The average Bonchev–Trinajstić information content (AvgIpc) is 2.80. The fraction of sp³-hybridized carbons (Fsp3) is 0.240. The van der Waals surface area contributed by atoms with Gasteiger partial charge in [-0.3, -0.25) is 0 Å². The molecule has 0 amide bonds. The Bertz CT molecular complexity index is 1160. The molecular formula is C25H26ClNO4S. The quantitative estimate of drug-likeness (QED) is 0.391. The van der Waals surface area contributed by atoms with Crippen molar-refractivity contribution >= 4 is 27.6 Å². The molecule has 0 heterocycles. The minimum absolute atomic E-state index is 0.152. The molecule has 0 saturated heterocycles. The molecule has 1 unspecified atom stereocenters. The van der Waals surface area contributed by atoms with Crippen molar-refractivity contribution in [2.24, 2.45) is 0 Å². The summed E-state index contributed by atoms with van der Waals surface area (Å²) in [5.74, 6) is -0.437. The molecule has 0 bridgehead atoms. The van der Waals surface area contributed by atoms with Crippen molar-refractivity contribution in [3.8, 4) is 0 Å². The number of ether oxygens (including phenoxy) is 1. The van der Waals surface area contributed by atoms with Gasteiger partial charge in [0.2, 0.25) is 10.0 Å². The first-order chi connectivity index (χ1) is 15.3. The molecule has 0 fully saturated rings. The number of halogens is 1. The Morgan fingerprint density at radius 1 is 0.969 bits per heavy atom. The highest BCUT2D eigenvalue weighted by atomic mass is 35.5. The lowest BCUT2D eigenvalue weighted by Gasteiger charge is -2.31. The molecule has 7 heteroatoms. The van der Waals surface area contributed by atoms with Gasteiger partial charge < -0.3 is 4.74 Å². The van der Waals surface area contributed by atoms with Crippen LogP contribution in [0.25, 0.3) is 0 Å². The number of carbonyl (C=O) groups excluding carboxylic acids is 1. The normalized spacial score (nSPS) is 12.5. The van der Waals surface area contributed by atoms with Crippen LogP contribution in [0.2, 0.25) is 5.02 Å². The van der Waals surface area contributed by atoms with Crippen molar-refractivity contribution in [2.75, 3.05) is 7.11 Å². The van der Waals surface area contributed by atoms with Crippen molar-refractivity contribution in [1.82, 2.24) is 4.31 Å². The molecule has 168 valence electrons. The van der Waals surface area contributed by atoms with Crippen LogP contribution in [-0.4, -0.2) is 25.8 Å². The summed E-state index contributed by atoms with van der Waals surface area (Å²) >= 11 is 5.98. The van der Waals surface area contributed by atoms with Crippen LogP contribution in [0.5, 0.6) is 0 Å². The van der Waals surface area contributed by atoms with Crippen LogP contribution in [0.3, 0.4) is 0 Å². The first-order valence-electron chi connectivity index (χ1n) is 10.3. The van der Waals surface area contributed by atoms with E-state index < -0.39 is 16.0 Å². The molecule has 0 saturated carbocycles. The molecule has 0 aliphatic heterocycles. The summed E-state index contributed by atoms with van der Waals surface area (Å²) in [4.78, 5) is 11.9. The Morgan fingerprint density at radius 3 is 2.09 bits per heavy atom. The molecule has 0 aliphatic rings. The fourth-order valence-corrected chi connectivity index (χ4v) is 5.34. The van der Waals surface area contributed by atoms with Crippen LogP contribution in [0.4, 0.5) is 0 Å². The molecule has 0 N–H and O–H groups in total. The highest BCUT2D eigenvalue weighted by Gasteiger charge is 2.32. The number of sulfonamides is 1. The van der Waals surface area contributed by atoms with Crippen molar-refractivity contribution in [1.29, 1.82) is 0 Å². The Hall–Kier alpha value is -2.67. The maximum Gasteiger partial charge on any atom is 0.337 e. The van der Waals surface area contributed by atoms with Crippen LogP contribution in [-0.2, 0) is 21.3 Å². The number of rotatable bonds is 8. The Kier molecular flexibility index (Phi) is 7.72. The van der Waals surface area contributed by atoms with Crippen LogP contribution in [0.1, 0.15) is 46.4 Å². The zero-order valence-corrected chi connectivity index (χ0v) is 19.9. The second-order valence-electron chi connectivity index (χ2n) is 7.53. The van der Waals surface area contributed by atoms with Gasteiger partial charge in [-0.05, 0) is 60.9 Å². The summed E-state index contributed by atoms with van der Waals surface area (Å²) in [6, 6.07) is 20.5. The van der Waals surface area contributed by atoms with Crippen molar-refractivity contribution in [3.05, 3.63) is 100 Å². The SMILES string of the molecule is CCC(c1ccc(C)cc1)N(Cc1ccc(C(=O)OC)cc1)S(=O)(=O)c1ccc(Cl)cc1. The van der Waals surface area contributed by atoms with E-state index in [1.807, 2.05) is 38.1 Å². The average molecular weight is 472 g/mol. The molecule has 3 aromatic rings. The maximum absolute atomic E-state index is 13.7. The van der Waals surface area contributed by atoms with Gasteiger partial charge in [0, 0.05) is 11.6 Å². The van der Waals surface area contributed by atoms with Gasteiger partial charge in [-0.1, -0.05) is 60.5 Å². The Morgan fingerprint density at radius 2 is 1.56 bits per heavy atom. The lowest BCUT2D eigenvalue weighted by atomic mass is 10.0. The number of carbonyl (C=O) groups is 1.